The van der Waals surface area contributed by atoms with Crippen LogP contribution < -0.4 is 9.80 Å². The lowest BCUT2D eigenvalue weighted by Gasteiger charge is -2.40. The molecule has 1 unspecified atom stereocenters. The first-order valence-corrected chi connectivity index (χ1v) is 15.5. The molecule has 214 valence electrons. The number of thioether (sulfide) groups is 1. The Morgan fingerprint density at radius 1 is 0.951 bits per heavy atom. The first-order valence-electron chi connectivity index (χ1n) is 14.2. The van der Waals surface area contributed by atoms with Gasteiger partial charge in [-0.2, -0.15) is 0 Å². The molecule has 3 amide bonds. The number of rotatable bonds is 6. The van der Waals surface area contributed by atoms with Crippen molar-refractivity contribution in [2.24, 2.45) is 17.8 Å². The zero-order valence-electron chi connectivity index (χ0n) is 23.1. The van der Waals surface area contributed by atoms with E-state index in [0.717, 1.165) is 12.1 Å². The highest BCUT2D eigenvalue weighted by Gasteiger charge is 2.72. The van der Waals surface area contributed by atoms with E-state index >= 15 is 0 Å². The van der Waals surface area contributed by atoms with E-state index in [1.165, 1.54) is 0 Å². The van der Waals surface area contributed by atoms with Crippen molar-refractivity contribution in [3.05, 3.63) is 83.9 Å². The molecule has 0 aliphatic carbocycles. The van der Waals surface area contributed by atoms with E-state index in [-0.39, 0.29) is 35.5 Å². The minimum absolute atomic E-state index is 0.0461. The van der Waals surface area contributed by atoms with Crippen molar-refractivity contribution in [2.45, 2.75) is 42.3 Å². The molecule has 4 aliphatic rings. The molecule has 0 saturated carbocycles. The molecule has 2 aromatic carbocycles. The third-order valence-corrected chi connectivity index (χ3v) is 11.1. The second kappa shape index (κ2) is 11.0. The number of halogens is 1. The van der Waals surface area contributed by atoms with Crippen LogP contribution in [0.25, 0.3) is 0 Å². The molecule has 1 N–H and O–H groups in total. The lowest BCUT2D eigenvalue weighted by atomic mass is 9.78. The van der Waals surface area contributed by atoms with Crippen LogP contribution in [0.1, 0.15) is 20.3 Å². The van der Waals surface area contributed by atoms with E-state index in [0.29, 0.717) is 23.8 Å². The standard InChI is InChI=1S/C32H34ClN3O4S/c1-3-20(2)24(19-37)36-28-31(40)35(23-14-12-21(33)13-15-23)18-8-16-32(28)27(30(36)39)26-25(41-32)11-7-17-34(29(26)38)22-9-5-4-6-10-22/h4-16,20,24-28,37H,3,17-19H2,1-2H3/t20-,24-,25+,26-,27-,28?,32-/m0/s1. The Kier molecular flexibility index (Phi) is 7.51. The van der Waals surface area contributed by atoms with E-state index in [1.807, 2.05) is 68.5 Å². The number of likely N-dealkylation sites (tertiary alicyclic amines) is 1. The van der Waals surface area contributed by atoms with Gasteiger partial charge in [-0.1, -0.05) is 74.4 Å². The topological polar surface area (TPSA) is 81.2 Å². The second-order valence-corrected chi connectivity index (χ2v) is 13.2. The van der Waals surface area contributed by atoms with Crippen LogP contribution >= 0.6 is 23.4 Å². The maximum Gasteiger partial charge on any atom is 0.251 e. The molecule has 4 heterocycles. The highest BCUT2D eigenvalue weighted by Crippen LogP contribution is 2.61. The largest absolute Gasteiger partial charge is 0.394 e. The summed E-state index contributed by atoms with van der Waals surface area (Å²) in [5.41, 5.74) is 1.46. The summed E-state index contributed by atoms with van der Waals surface area (Å²) in [5.74, 6) is -1.99. The van der Waals surface area contributed by atoms with Crippen LogP contribution in [0, 0.1) is 17.8 Å². The molecular weight excluding hydrogens is 558 g/mol. The van der Waals surface area contributed by atoms with Gasteiger partial charge in [0, 0.05) is 34.7 Å². The second-order valence-electron chi connectivity index (χ2n) is 11.3. The Balaban J connectivity index is 1.48. The number of carbonyl (C=O) groups excluding carboxylic acids is 3. The maximum absolute atomic E-state index is 14.7. The van der Waals surface area contributed by atoms with Crippen LogP contribution in [0.3, 0.4) is 0 Å². The van der Waals surface area contributed by atoms with Gasteiger partial charge in [-0.15, -0.1) is 11.8 Å². The monoisotopic (exact) mass is 591 g/mol. The lowest BCUT2D eigenvalue weighted by molar-refractivity contribution is -0.142. The third-order valence-electron chi connectivity index (χ3n) is 9.15. The Morgan fingerprint density at radius 3 is 2.29 bits per heavy atom. The van der Waals surface area contributed by atoms with Crippen LogP contribution in [-0.2, 0) is 14.4 Å². The summed E-state index contributed by atoms with van der Waals surface area (Å²) < 4.78 is -0.953. The number of aliphatic hydroxyl groups excluding tert-OH is 1. The average Bonchev–Trinajstić information content (AvgIpc) is 3.30. The Morgan fingerprint density at radius 2 is 1.61 bits per heavy atom. The first kappa shape index (κ1) is 28.1. The number of amides is 3. The normalized spacial score (nSPS) is 30.5. The number of nitrogens with zero attached hydrogens (tertiary/aromatic N) is 3. The van der Waals surface area contributed by atoms with Crippen molar-refractivity contribution in [1.82, 2.24) is 4.90 Å². The minimum atomic E-state index is -0.953. The van der Waals surface area contributed by atoms with Gasteiger partial charge < -0.3 is 19.8 Å². The predicted octanol–water partition coefficient (Wildman–Crippen LogP) is 4.55. The summed E-state index contributed by atoms with van der Waals surface area (Å²) in [6, 6.07) is 15.2. The summed E-state index contributed by atoms with van der Waals surface area (Å²) in [4.78, 5) is 48.7. The van der Waals surface area contributed by atoms with Crippen LogP contribution in [0.5, 0.6) is 0 Å². The summed E-state index contributed by atoms with van der Waals surface area (Å²) >= 11 is 7.69. The van der Waals surface area contributed by atoms with Crippen molar-refractivity contribution in [3.8, 4) is 0 Å². The molecule has 7 atom stereocenters. The van der Waals surface area contributed by atoms with Gasteiger partial charge >= 0.3 is 0 Å². The fraction of sp³-hybridized carbons (Fsp3) is 0.406. The zero-order valence-corrected chi connectivity index (χ0v) is 24.7. The summed E-state index contributed by atoms with van der Waals surface area (Å²) in [5, 5.41) is 10.9. The van der Waals surface area contributed by atoms with E-state index in [2.05, 4.69) is 0 Å². The Hall–Kier alpha value is -3.07. The molecule has 0 aromatic heterocycles. The number of anilines is 2. The van der Waals surface area contributed by atoms with E-state index in [4.69, 9.17) is 11.6 Å². The van der Waals surface area contributed by atoms with Crippen LogP contribution in [-0.4, -0.2) is 69.5 Å². The van der Waals surface area contributed by atoms with Gasteiger partial charge in [0.2, 0.25) is 11.8 Å². The minimum Gasteiger partial charge on any atom is -0.394 e. The van der Waals surface area contributed by atoms with Crippen molar-refractivity contribution in [2.75, 3.05) is 29.5 Å². The first-order chi connectivity index (χ1) is 19.8. The van der Waals surface area contributed by atoms with Crippen molar-refractivity contribution in [3.63, 3.8) is 0 Å². The smallest absolute Gasteiger partial charge is 0.251 e. The molecule has 2 saturated heterocycles. The molecule has 4 aliphatic heterocycles. The molecule has 0 bridgehead atoms. The fourth-order valence-electron chi connectivity index (χ4n) is 6.94. The van der Waals surface area contributed by atoms with Gasteiger partial charge in [0.25, 0.3) is 5.91 Å². The highest BCUT2D eigenvalue weighted by atomic mass is 35.5. The fourth-order valence-corrected chi connectivity index (χ4v) is 9.06. The SMILES string of the molecule is CC[C@H](C)[C@H](CO)N1C(=O)[C@@H]2[C@H]3C(=O)N(c4ccccc4)CC=C[C@H]3S[C@@]23C=CCN(c2ccc(Cl)cc2)C(=O)C13. The van der Waals surface area contributed by atoms with Gasteiger partial charge in [-0.05, 0) is 42.3 Å². The molecule has 7 nitrogen and oxygen atoms in total. The molecule has 2 aromatic rings. The highest BCUT2D eigenvalue weighted by molar-refractivity contribution is 8.02. The molecule has 1 spiro atoms. The van der Waals surface area contributed by atoms with E-state index in [9.17, 15) is 19.5 Å². The molecular formula is C32H34ClN3O4S. The van der Waals surface area contributed by atoms with Crippen LogP contribution in [0.2, 0.25) is 5.02 Å². The number of hydrogen-bond donors (Lipinski definition) is 1. The van der Waals surface area contributed by atoms with Gasteiger partial charge in [-0.3, -0.25) is 14.4 Å². The Labute approximate surface area is 249 Å². The average molecular weight is 592 g/mol. The predicted molar refractivity (Wildman–Crippen MR) is 163 cm³/mol. The number of aliphatic hydroxyl groups is 1. The Bertz CT molecular complexity index is 1400. The van der Waals surface area contributed by atoms with E-state index in [1.54, 1.807) is 50.7 Å². The maximum atomic E-state index is 14.7. The number of hydrogen-bond acceptors (Lipinski definition) is 5. The van der Waals surface area contributed by atoms with Crippen LogP contribution in [0.15, 0.2) is 78.9 Å². The van der Waals surface area contributed by atoms with Gasteiger partial charge in [0.05, 0.1) is 29.2 Å². The van der Waals surface area contributed by atoms with Crippen molar-refractivity contribution >= 4 is 52.5 Å². The van der Waals surface area contributed by atoms with Gasteiger partial charge in [-0.25, -0.2) is 0 Å². The number of carbonyl (C=O) groups is 3. The molecule has 6 rings (SSSR count). The number of benzene rings is 2. The van der Waals surface area contributed by atoms with Crippen molar-refractivity contribution < 1.29 is 19.5 Å². The summed E-state index contributed by atoms with van der Waals surface area (Å²) in [7, 11) is 0. The lowest BCUT2D eigenvalue weighted by Crippen LogP contribution is -2.58. The number of para-hydroxylation sites is 1. The van der Waals surface area contributed by atoms with Crippen LogP contribution in [0.4, 0.5) is 11.4 Å². The molecule has 0 radical (unpaired) electrons. The van der Waals surface area contributed by atoms with E-state index < -0.39 is 28.7 Å². The third kappa shape index (κ3) is 4.42. The molecule has 41 heavy (non-hydrogen) atoms. The van der Waals surface area contributed by atoms with Gasteiger partial charge in [0.15, 0.2) is 0 Å². The quantitative estimate of drug-likeness (QED) is 0.499. The molecule has 9 heteroatoms. The summed E-state index contributed by atoms with van der Waals surface area (Å²) in [6.45, 7) is 4.50. The van der Waals surface area contributed by atoms with Crippen molar-refractivity contribution in [1.29, 1.82) is 0 Å². The number of fused-ring (bicyclic) bond motifs is 2. The summed E-state index contributed by atoms with van der Waals surface area (Å²) in [6.07, 6.45) is 8.72. The van der Waals surface area contributed by atoms with Gasteiger partial charge in [0.1, 0.15) is 6.04 Å². The zero-order chi connectivity index (χ0) is 28.9. The molecule has 2 fully saturated rings.